The first-order valence-electron chi connectivity index (χ1n) is 7.75. The van der Waals surface area contributed by atoms with Gasteiger partial charge in [0.1, 0.15) is 0 Å². The highest BCUT2D eigenvalue weighted by atomic mass is 32.1. The number of aromatic nitrogens is 4. The highest BCUT2D eigenvalue weighted by Crippen LogP contribution is 2.28. The third kappa shape index (κ3) is 3.70. The lowest BCUT2D eigenvalue weighted by molar-refractivity contribution is -0.116. The summed E-state index contributed by atoms with van der Waals surface area (Å²) in [4.78, 5) is 13.2. The fourth-order valence-corrected chi connectivity index (χ4v) is 3.07. The molecule has 3 rings (SSSR count). The van der Waals surface area contributed by atoms with Gasteiger partial charge in [0.2, 0.25) is 17.7 Å². The van der Waals surface area contributed by atoms with Crippen molar-refractivity contribution in [1.29, 1.82) is 0 Å². The number of nitrogens with one attached hydrogen (secondary N) is 2. The number of nitrogens with zero attached hydrogens (tertiary/aromatic N) is 3. The lowest BCUT2D eigenvalue weighted by Crippen LogP contribution is -2.12. The molecule has 3 heterocycles. The molecule has 0 unspecified atom stereocenters. The Labute approximate surface area is 143 Å². The number of hydrogen-bond acceptors (Lipinski definition) is 6. The van der Waals surface area contributed by atoms with Gasteiger partial charge in [-0.2, -0.15) is 5.10 Å². The molecular weight excluding hydrogens is 326 g/mol. The quantitative estimate of drug-likeness (QED) is 0.712. The van der Waals surface area contributed by atoms with E-state index in [1.54, 1.807) is 11.3 Å². The number of aryl methyl sites for hydroxylation is 2. The molecule has 3 aromatic rings. The van der Waals surface area contributed by atoms with Gasteiger partial charge in [0.25, 0.3) is 0 Å². The molecular formula is C16H19N5O2S. The second-order valence-corrected chi connectivity index (χ2v) is 6.75. The van der Waals surface area contributed by atoms with Crippen molar-refractivity contribution in [1.82, 2.24) is 20.4 Å². The summed E-state index contributed by atoms with van der Waals surface area (Å²) in [5, 5.41) is 19.8. The third-order valence-corrected chi connectivity index (χ3v) is 4.54. The standard InChI is InChI=1S/C16H19N5O2S/c1-9(2)16-21-20-14(23-16)5-4-13(22)17-12-8-11(18-19-12)15-10(3)6-7-24-15/h6-9H,4-5H2,1-3H3,(H2,17,18,19,22). The fourth-order valence-electron chi connectivity index (χ4n) is 2.18. The van der Waals surface area contributed by atoms with Crippen molar-refractivity contribution in [2.45, 2.75) is 39.5 Å². The Balaban J connectivity index is 1.55. The van der Waals surface area contributed by atoms with Gasteiger partial charge in [-0.15, -0.1) is 21.5 Å². The molecule has 0 bridgehead atoms. The van der Waals surface area contributed by atoms with Crippen LogP contribution in [0, 0.1) is 6.92 Å². The molecule has 0 aromatic carbocycles. The maximum absolute atomic E-state index is 12.0. The smallest absolute Gasteiger partial charge is 0.226 e. The molecule has 0 aliphatic carbocycles. The number of aromatic amines is 1. The molecule has 0 atom stereocenters. The number of thiophene rings is 1. The number of H-pyrrole nitrogens is 1. The summed E-state index contributed by atoms with van der Waals surface area (Å²) in [6, 6.07) is 3.88. The molecule has 7 nitrogen and oxygen atoms in total. The van der Waals surface area contributed by atoms with Crippen molar-refractivity contribution in [2.75, 3.05) is 5.32 Å². The van der Waals surface area contributed by atoms with Crippen LogP contribution in [0.25, 0.3) is 10.6 Å². The molecule has 0 spiro atoms. The molecule has 126 valence electrons. The van der Waals surface area contributed by atoms with Crippen LogP contribution in [-0.2, 0) is 11.2 Å². The zero-order chi connectivity index (χ0) is 17.1. The lowest BCUT2D eigenvalue weighted by Gasteiger charge is -1.99. The van der Waals surface area contributed by atoms with E-state index < -0.39 is 0 Å². The molecule has 1 amide bonds. The van der Waals surface area contributed by atoms with Crippen LogP contribution in [0.5, 0.6) is 0 Å². The summed E-state index contributed by atoms with van der Waals surface area (Å²) in [5.41, 5.74) is 2.08. The SMILES string of the molecule is Cc1ccsc1-c1cc(NC(=O)CCc2nnc(C(C)C)o2)n[nH]1. The maximum atomic E-state index is 12.0. The van der Waals surface area contributed by atoms with Crippen molar-refractivity contribution in [3.8, 4) is 10.6 Å². The van der Waals surface area contributed by atoms with Gasteiger partial charge in [0.15, 0.2) is 5.82 Å². The highest BCUT2D eigenvalue weighted by Gasteiger charge is 2.13. The summed E-state index contributed by atoms with van der Waals surface area (Å²) in [5.74, 6) is 1.62. The first-order valence-corrected chi connectivity index (χ1v) is 8.63. The average molecular weight is 345 g/mol. The second kappa shape index (κ2) is 6.96. The number of carbonyl (C=O) groups excluding carboxylic acids is 1. The molecule has 0 radical (unpaired) electrons. The zero-order valence-corrected chi connectivity index (χ0v) is 14.6. The zero-order valence-electron chi connectivity index (χ0n) is 13.8. The molecule has 0 saturated carbocycles. The van der Waals surface area contributed by atoms with Crippen LogP contribution < -0.4 is 5.32 Å². The Kier molecular flexibility index (Phi) is 4.75. The monoisotopic (exact) mass is 345 g/mol. The van der Waals surface area contributed by atoms with Crippen LogP contribution >= 0.6 is 11.3 Å². The number of hydrogen-bond donors (Lipinski definition) is 2. The summed E-state index contributed by atoms with van der Waals surface area (Å²) in [6.45, 7) is 6.00. The van der Waals surface area contributed by atoms with Crippen LogP contribution in [0.1, 0.15) is 43.5 Å². The maximum Gasteiger partial charge on any atom is 0.226 e. The summed E-state index contributed by atoms with van der Waals surface area (Å²) in [6.07, 6.45) is 0.673. The Morgan fingerprint density at radius 3 is 2.92 bits per heavy atom. The molecule has 2 N–H and O–H groups in total. The predicted molar refractivity (Wildman–Crippen MR) is 92.0 cm³/mol. The van der Waals surface area contributed by atoms with E-state index in [0.29, 0.717) is 24.0 Å². The van der Waals surface area contributed by atoms with Gasteiger partial charge in [0, 0.05) is 24.8 Å². The van der Waals surface area contributed by atoms with E-state index >= 15 is 0 Å². The predicted octanol–water partition coefficient (Wildman–Crippen LogP) is 3.52. The molecule has 24 heavy (non-hydrogen) atoms. The highest BCUT2D eigenvalue weighted by molar-refractivity contribution is 7.13. The number of rotatable bonds is 6. The third-order valence-electron chi connectivity index (χ3n) is 3.49. The van der Waals surface area contributed by atoms with Crippen molar-refractivity contribution in [2.24, 2.45) is 0 Å². The van der Waals surface area contributed by atoms with E-state index in [1.807, 2.05) is 32.2 Å². The molecule has 3 aromatic heterocycles. The van der Waals surface area contributed by atoms with Gasteiger partial charge in [0.05, 0.1) is 10.6 Å². The van der Waals surface area contributed by atoms with Gasteiger partial charge in [-0.05, 0) is 23.9 Å². The van der Waals surface area contributed by atoms with E-state index in [-0.39, 0.29) is 18.2 Å². The minimum absolute atomic E-state index is 0.139. The van der Waals surface area contributed by atoms with Crippen molar-refractivity contribution in [3.63, 3.8) is 0 Å². The first-order chi connectivity index (χ1) is 11.5. The van der Waals surface area contributed by atoms with E-state index in [9.17, 15) is 4.79 Å². The minimum atomic E-state index is -0.139. The number of anilines is 1. The normalized spacial score (nSPS) is 11.2. The topological polar surface area (TPSA) is 96.7 Å². The second-order valence-electron chi connectivity index (χ2n) is 5.84. The lowest BCUT2D eigenvalue weighted by atomic mass is 10.2. The van der Waals surface area contributed by atoms with Gasteiger partial charge in [-0.25, -0.2) is 0 Å². The van der Waals surface area contributed by atoms with Crippen molar-refractivity contribution >= 4 is 23.1 Å². The minimum Gasteiger partial charge on any atom is -0.425 e. The molecule has 0 aliphatic rings. The van der Waals surface area contributed by atoms with E-state index in [4.69, 9.17) is 4.42 Å². The number of carbonyl (C=O) groups is 1. The van der Waals surface area contributed by atoms with E-state index in [2.05, 4.69) is 31.8 Å². The van der Waals surface area contributed by atoms with Gasteiger partial charge in [-0.1, -0.05) is 13.8 Å². The van der Waals surface area contributed by atoms with Crippen LogP contribution in [0.4, 0.5) is 5.82 Å². The van der Waals surface area contributed by atoms with Crippen molar-refractivity contribution in [3.05, 3.63) is 34.9 Å². The van der Waals surface area contributed by atoms with Crippen LogP contribution in [0.3, 0.4) is 0 Å². The average Bonchev–Trinajstić information content (AvgIpc) is 3.25. The summed E-state index contributed by atoms with van der Waals surface area (Å²) < 4.78 is 5.49. The summed E-state index contributed by atoms with van der Waals surface area (Å²) >= 11 is 1.64. The molecule has 0 saturated heterocycles. The fraction of sp³-hybridized carbons (Fsp3) is 0.375. The molecule has 0 aliphatic heterocycles. The molecule has 8 heteroatoms. The van der Waals surface area contributed by atoms with Gasteiger partial charge < -0.3 is 9.73 Å². The van der Waals surface area contributed by atoms with Gasteiger partial charge in [-0.3, -0.25) is 9.89 Å². The van der Waals surface area contributed by atoms with E-state index in [0.717, 1.165) is 10.6 Å². The number of amides is 1. The van der Waals surface area contributed by atoms with Crippen LogP contribution in [0.2, 0.25) is 0 Å². The Morgan fingerprint density at radius 1 is 1.42 bits per heavy atom. The van der Waals surface area contributed by atoms with Crippen molar-refractivity contribution < 1.29 is 9.21 Å². The van der Waals surface area contributed by atoms with Gasteiger partial charge >= 0.3 is 0 Å². The Morgan fingerprint density at radius 2 is 2.25 bits per heavy atom. The first kappa shape index (κ1) is 16.4. The summed E-state index contributed by atoms with van der Waals surface area (Å²) in [7, 11) is 0. The molecule has 0 fully saturated rings. The largest absolute Gasteiger partial charge is 0.425 e. The van der Waals surface area contributed by atoms with Crippen LogP contribution in [-0.4, -0.2) is 26.3 Å². The van der Waals surface area contributed by atoms with E-state index in [1.165, 1.54) is 5.56 Å². The van der Waals surface area contributed by atoms with Crippen LogP contribution in [0.15, 0.2) is 21.9 Å². The Hall–Kier alpha value is -2.48. The Bertz CT molecular complexity index is 833.